The summed E-state index contributed by atoms with van der Waals surface area (Å²) in [6.07, 6.45) is -1.11. The van der Waals surface area contributed by atoms with Crippen molar-refractivity contribution in [2.24, 2.45) is 0 Å². The average molecular weight is 311 g/mol. The summed E-state index contributed by atoms with van der Waals surface area (Å²) in [6, 6.07) is 4.76. The van der Waals surface area contributed by atoms with Crippen molar-refractivity contribution in [2.75, 3.05) is 20.8 Å². The molecule has 1 aromatic rings. The zero-order chi connectivity index (χ0) is 16.7. The Labute approximate surface area is 129 Å². The number of rotatable bonds is 8. The minimum atomic E-state index is -1.14. The van der Waals surface area contributed by atoms with Crippen LogP contribution in [0.4, 0.5) is 0 Å². The highest BCUT2D eigenvalue weighted by Gasteiger charge is 2.18. The summed E-state index contributed by atoms with van der Waals surface area (Å²) in [4.78, 5) is 22.8. The van der Waals surface area contributed by atoms with Crippen molar-refractivity contribution in [2.45, 2.75) is 26.1 Å². The minimum absolute atomic E-state index is 0.0217. The van der Waals surface area contributed by atoms with Gasteiger partial charge in [-0.15, -0.1) is 0 Å². The van der Waals surface area contributed by atoms with Crippen molar-refractivity contribution in [1.82, 2.24) is 5.32 Å². The zero-order valence-corrected chi connectivity index (χ0v) is 13.1. The van der Waals surface area contributed by atoms with Crippen LogP contribution in [0.3, 0.4) is 0 Å². The fraction of sp³-hybridized carbons (Fsp3) is 0.467. The molecule has 7 heteroatoms. The SMILES string of the molecule is COc1cc(C(=O)NCC(OC)C(=O)O)ccc1OC(C)C. The Hall–Kier alpha value is -2.28. The lowest BCUT2D eigenvalue weighted by atomic mass is 10.2. The second-order valence-electron chi connectivity index (χ2n) is 4.80. The maximum absolute atomic E-state index is 12.0. The summed E-state index contributed by atoms with van der Waals surface area (Å²) in [5.41, 5.74) is 0.341. The van der Waals surface area contributed by atoms with E-state index in [0.717, 1.165) is 0 Å². The number of hydrogen-bond donors (Lipinski definition) is 2. The highest BCUT2D eigenvalue weighted by atomic mass is 16.5. The lowest BCUT2D eigenvalue weighted by molar-refractivity contribution is -0.148. The molecule has 0 aliphatic rings. The number of amides is 1. The number of aliphatic carboxylic acids is 1. The van der Waals surface area contributed by atoms with Crippen LogP contribution in [0.25, 0.3) is 0 Å². The molecule has 0 bridgehead atoms. The molecule has 2 N–H and O–H groups in total. The van der Waals surface area contributed by atoms with E-state index in [1.54, 1.807) is 12.1 Å². The summed E-state index contributed by atoms with van der Waals surface area (Å²) < 4.78 is 15.5. The smallest absolute Gasteiger partial charge is 0.334 e. The molecule has 0 saturated heterocycles. The lowest BCUT2D eigenvalue weighted by Gasteiger charge is -2.15. The van der Waals surface area contributed by atoms with E-state index >= 15 is 0 Å². The molecule has 0 aromatic heterocycles. The van der Waals surface area contributed by atoms with Crippen LogP contribution in [0, 0.1) is 0 Å². The second kappa shape index (κ2) is 8.23. The first-order valence-electron chi connectivity index (χ1n) is 6.77. The van der Waals surface area contributed by atoms with Gasteiger partial charge in [0.05, 0.1) is 19.8 Å². The number of carbonyl (C=O) groups excluding carboxylic acids is 1. The Bertz CT molecular complexity index is 529. The third-order valence-electron chi connectivity index (χ3n) is 2.80. The Morgan fingerprint density at radius 3 is 2.41 bits per heavy atom. The van der Waals surface area contributed by atoms with E-state index in [-0.39, 0.29) is 12.6 Å². The predicted octanol–water partition coefficient (Wildman–Crippen LogP) is 1.31. The number of carbonyl (C=O) groups is 2. The second-order valence-corrected chi connectivity index (χ2v) is 4.80. The molecule has 1 amide bonds. The molecule has 1 unspecified atom stereocenters. The highest BCUT2D eigenvalue weighted by molar-refractivity contribution is 5.95. The Morgan fingerprint density at radius 1 is 1.23 bits per heavy atom. The van der Waals surface area contributed by atoms with Gasteiger partial charge in [-0.05, 0) is 32.0 Å². The molecule has 0 spiro atoms. The van der Waals surface area contributed by atoms with E-state index < -0.39 is 18.0 Å². The number of carboxylic acids is 1. The normalized spacial score (nSPS) is 11.9. The summed E-state index contributed by atoms with van der Waals surface area (Å²) in [5, 5.41) is 11.3. The topological polar surface area (TPSA) is 94.1 Å². The van der Waals surface area contributed by atoms with Gasteiger partial charge >= 0.3 is 5.97 Å². The molecule has 0 fully saturated rings. The molecule has 22 heavy (non-hydrogen) atoms. The van der Waals surface area contributed by atoms with E-state index in [4.69, 9.17) is 19.3 Å². The average Bonchev–Trinajstić information content (AvgIpc) is 2.47. The van der Waals surface area contributed by atoms with Gasteiger partial charge in [0.2, 0.25) is 0 Å². The van der Waals surface area contributed by atoms with Gasteiger partial charge in [-0.3, -0.25) is 4.79 Å². The van der Waals surface area contributed by atoms with E-state index in [1.807, 2.05) is 13.8 Å². The molecular weight excluding hydrogens is 290 g/mol. The van der Waals surface area contributed by atoms with Crippen molar-refractivity contribution >= 4 is 11.9 Å². The maximum Gasteiger partial charge on any atom is 0.334 e. The number of hydrogen-bond acceptors (Lipinski definition) is 5. The quantitative estimate of drug-likeness (QED) is 0.752. The molecule has 0 saturated carbocycles. The van der Waals surface area contributed by atoms with Crippen molar-refractivity contribution in [3.8, 4) is 11.5 Å². The lowest BCUT2D eigenvalue weighted by Crippen LogP contribution is -2.37. The van der Waals surface area contributed by atoms with Crippen molar-refractivity contribution in [3.63, 3.8) is 0 Å². The van der Waals surface area contributed by atoms with Gasteiger partial charge in [0, 0.05) is 12.7 Å². The minimum Gasteiger partial charge on any atom is -0.493 e. The van der Waals surface area contributed by atoms with Crippen LogP contribution in [0.1, 0.15) is 24.2 Å². The number of ether oxygens (including phenoxy) is 3. The van der Waals surface area contributed by atoms with Gasteiger partial charge < -0.3 is 24.6 Å². The number of nitrogens with one attached hydrogen (secondary N) is 1. The molecule has 1 rings (SSSR count). The molecule has 0 radical (unpaired) electrons. The van der Waals surface area contributed by atoms with E-state index in [0.29, 0.717) is 17.1 Å². The van der Waals surface area contributed by atoms with E-state index in [1.165, 1.54) is 20.3 Å². The first-order valence-corrected chi connectivity index (χ1v) is 6.77. The van der Waals surface area contributed by atoms with E-state index in [2.05, 4.69) is 5.32 Å². The van der Waals surface area contributed by atoms with Crippen LogP contribution in [0.15, 0.2) is 18.2 Å². The Balaban J connectivity index is 2.79. The number of benzene rings is 1. The Morgan fingerprint density at radius 2 is 1.91 bits per heavy atom. The molecule has 1 aromatic carbocycles. The van der Waals surface area contributed by atoms with Crippen LogP contribution >= 0.6 is 0 Å². The van der Waals surface area contributed by atoms with Crippen LogP contribution in [0.2, 0.25) is 0 Å². The van der Waals surface area contributed by atoms with Crippen molar-refractivity contribution < 1.29 is 28.9 Å². The maximum atomic E-state index is 12.0. The van der Waals surface area contributed by atoms with Gasteiger partial charge in [0.25, 0.3) is 5.91 Å². The Kier molecular flexibility index (Phi) is 6.65. The van der Waals surface area contributed by atoms with Gasteiger partial charge in [-0.25, -0.2) is 4.79 Å². The molecule has 0 aliphatic carbocycles. The summed E-state index contributed by atoms with van der Waals surface area (Å²) >= 11 is 0. The third kappa shape index (κ3) is 4.92. The molecule has 7 nitrogen and oxygen atoms in total. The summed E-state index contributed by atoms with van der Waals surface area (Å²) in [6.45, 7) is 3.64. The van der Waals surface area contributed by atoms with Crippen LogP contribution in [-0.2, 0) is 9.53 Å². The van der Waals surface area contributed by atoms with Crippen LogP contribution in [-0.4, -0.2) is 50.0 Å². The first-order chi connectivity index (χ1) is 10.4. The van der Waals surface area contributed by atoms with Gasteiger partial charge in [-0.1, -0.05) is 0 Å². The van der Waals surface area contributed by atoms with Crippen molar-refractivity contribution in [3.05, 3.63) is 23.8 Å². The van der Waals surface area contributed by atoms with Crippen molar-refractivity contribution in [1.29, 1.82) is 0 Å². The van der Waals surface area contributed by atoms with Crippen LogP contribution < -0.4 is 14.8 Å². The molecule has 1 atom stereocenters. The summed E-state index contributed by atoms with van der Waals surface area (Å²) in [5.74, 6) is -0.587. The third-order valence-corrected chi connectivity index (χ3v) is 2.80. The first kappa shape index (κ1) is 17.8. The van der Waals surface area contributed by atoms with Crippen LogP contribution in [0.5, 0.6) is 11.5 Å². The van der Waals surface area contributed by atoms with Gasteiger partial charge in [0.15, 0.2) is 17.6 Å². The summed E-state index contributed by atoms with van der Waals surface area (Å²) in [7, 11) is 2.75. The number of carboxylic acid groups (broad SMARTS) is 1. The molecule has 122 valence electrons. The van der Waals surface area contributed by atoms with Gasteiger partial charge in [0.1, 0.15) is 0 Å². The van der Waals surface area contributed by atoms with Gasteiger partial charge in [-0.2, -0.15) is 0 Å². The molecule has 0 heterocycles. The zero-order valence-electron chi connectivity index (χ0n) is 13.1. The standard InChI is InChI=1S/C15H21NO6/c1-9(2)22-11-6-5-10(7-12(11)20-3)14(17)16-8-13(21-4)15(18)19/h5-7,9,13H,8H2,1-4H3,(H,16,17)(H,18,19). The highest BCUT2D eigenvalue weighted by Crippen LogP contribution is 2.28. The fourth-order valence-corrected chi connectivity index (χ4v) is 1.72. The van der Waals surface area contributed by atoms with E-state index in [9.17, 15) is 9.59 Å². The number of methoxy groups -OCH3 is 2. The largest absolute Gasteiger partial charge is 0.493 e. The predicted molar refractivity (Wildman–Crippen MR) is 79.5 cm³/mol. The monoisotopic (exact) mass is 311 g/mol. The fourth-order valence-electron chi connectivity index (χ4n) is 1.72. The molecular formula is C15H21NO6. The molecule has 0 aliphatic heterocycles.